The van der Waals surface area contributed by atoms with Gasteiger partial charge in [0.05, 0.1) is 18.8 Å². The normalized spacial score (nSPS) is 17.6. The van der Waals surface area contributed by atoms with Gasteiger partial charge in [0.1, 0.15) is 5.58 Å². The third-order valence-electron chi connectivity index (χ3n) is 3.69. The number of ether oxygens (including phenoxy) is 2. The molecule has 1 saturated heterocycles. The summed E-state index contributed by atoms with van der Waals surface area (Å²) in [5.74, 6) is -0.731. The van der Waals surface area contributed by atoms with Crippen LogP contribution in [0.2, 0.25) is 0 Å². The lowest BCUT2D eigenvalue weighted by Crippen LogP contribution is -2.31. The van der Waals surface area contributed by atoms with E-state index in [2.05, 4.69) is 10.1 Å². The van der Waals surface area contributed by atoms with Crippen LogP contribution in [0.25, 0.3) is 11.0 Å². The van der Waals surface area contributed by atoms with E-state index < -0.39 is 5.97 Å². The van der Waals surface area contributed by atoms with Gasteiger partial charge in [-0.3, -0.25) is 4.79 Å². The van der Waals surface area contributed by atoms with E-state index in [1.807, 2.05) is 0 Å². The number of carbonyl (C=O) groups is 2. The van der Waals surface area contributed by atoms with Crippen LogP contribution >= 0.6 is 0 Å². The van der Waals surface area contributed by atoms with Crippen LogP contribution in [0.4, 0.5) is 0 Å². The van der Waals surface area contributed by atoms with Crippen molar-refractivity contribution in [3.63, 3.8) is 0 Å². The molecule has 2 heterocycles. The lowest BCUT2D eigenvalue weighted by molar-refractivity contribution is 0.0567. The first kappa shape index (κ1) is 14.6. The molecule has 1 atom stereocenters. The van der Waals surface area contributed by atoms with E-state index in [1.54, 1.807) is 24.3 Å². The second-order valence-corrected chi connectivity index (χ2v) is 5.17. The smallest absolute Gasteiger partial charge is 0.373 e. The maximum atomic E-state index is 12.3. The van der Waals surface area contributed by atoms with E-state index >= 15 is 0 Å². The fourth-order valence-electron chi connectivity index (χ4n) is 2.55. The Kier molecular flexibility index (Phi) is 4.11. The zero-order chi connectivity index (χ0) is 15.5. The molecular formula is C16H17NO5. The summed E-state index contributed by atoms with van der Waals surface area (Å²) in [4.78, 5) is 23.9. The number of hydrogen-bond acceptors (Lipinski definition) is 5. The molecule has 0 spiro atoms. The maximum absolute atomic E-state index is 12.3. The monoisotopic (exact) mass is 303 g/mol. The van der Waals surface area contributed by atoms with E-state index in [-0.39, 0.29) is 17.8 Å². The molecule has 3 rings (SSSR count). The highest BCUT2D eigenvalue weighted by Crippen LogP contribution is 2.23. The van der Waals surface area contributed by atoms with Crippen LogP contribution in [0, 0.1) is 0 Å². The SMILES string of the molecule is COC(=O)c1cc2cccc(C(=O)NCC3CCCO3)c2o1. The first-order valence-corrected chi connectivity index (χ1v) is 7.19. The summed E-state index contributed by atoms with van der Waals surface area (Å²) in [6, 6.07) is 6.76. The Balaban J connectivity index is 1.81. The average Bonchev–Trinajstić information content (AvgIpc) is 3.20. The Morgan fingerprint density at radius 1 is 1.41 bits per heavy atom. The van der Waals surface area contributed by atoms with Gasteiger partial charge in [-0.1, -0.05) is 12.1 Å². The van der Waals surface area contributed by atoms with Gasteiger partial charge in [0.15, 0.2) is 0 Å². The summed E-state index contributed by atoms with van der Waals surface area (Å²) < 4.78 is 15.6. The van der Waals surface area contributed by atoms with Crippen molar-refractivity contribution >= 4 is 22.8 Å². The van der Waals surface area contributed by atoms with Gasteiger partial charge >= 0.3 is 5.97 Å². The van der Waals surface area contributed by atoms with Crippen LogP contribution in [0.3, 0.4) is 0 Å². The number of rotatable bonds is 4. The Morgan fingerprint density at radius 3 is 3.00 bits per heavy atom. The van der Waals surface area contributed by atoms with E-state index in [4.69, 9.17) is 9.15 Å². The maximum Gasteiger partial charge on any atom is 0.373 e. The summed E-state index contributed by atoms with van der Waals surface area (Å²) >= 11 is 0. The number of esters is 1. The molecular weight excluding hydrogens is 286 g/mol. The van der Waals surface area contributed by atoms with Crippen molar-refractivity contribution in [2.45, 2.75) is 18.9 Å². The summed E-state index contributed by atoms with van der Waals surface area (Å²) in [6.45, 7) is 1.22. The Bertz CT molecular complexity index is 700. The van der Waals surface area contributed by atoms with Gasteiger partial charge in [-0.2, -0.15) is 0 Å². The first-order chi connectivity index (χ1) is 10.7. The topological polar surface area (TPSA) is 77.8 Å². The van der Waals surface area contributed by atoms with Gasteiger partial charge in [-0.15, -0.1) is 0 Å². The molecule has 0 radical (unpaired) electrons. The minimum atomic E-state index is -0.568. The molecule has 0 saturated carbocycles. The molecule has 22 heavy (non-hydrogen) atoms. The molecule has 0 bridgehead atoms. The number of nitrogens with one attached hydrogen (secondary N) is 1. The molecule has 1 aliphatic rings. The highest BCUT2D eigenvalue weighted by atomic mass is 16.5. The summed E-state index contributed by atoms with van der Waals surface area (Å²) in [6.07, 6.45) is 2.06. The van der Waals surface area contributed by atoms with Gasteiger partial charge in [0.2, 0.25) is 5.76 Å². The number of para-hydroxylation sites is 1. The zero-order valence-corrected chi connectivity index (χ0v) is 12.3. The van der Waals surface area contributed by atoms with Crippen molar-refractivity contribution in [3.8, 4) is 0 Å². The van der Waals surface area contributed by atoms with E-state index in [9.17, 15) is 9.59 Å². The Hall–Kier alpha value is -2.34. The Morgan fingerprint density at radius 2 is 2.27 bits per heavy atom. The molecule has 1 aromatic carbocycles. The van der Waals surface area contributed by atoms with Gasteiger partial charge < -0.3 is 19.2 Å². The average molecular weight is 303 g/mol. The van der Waals surface area contributed by atoms with Crippen LogP contribution < -0.4 is 5.32 Å². The predicted octanol–water partition coefficient (Wildman–Crippen LogP) is 2.13. The van der Waals surface area contributed by atoms with Gasteiger partial charge in [-0.05, 0) is 25.0 Å². The van der Waals surface area contributed by atoms with Gasteiger partial charge in [-0.25, -0.2) is 4.79 Å². The number of furan rings is 1. The minimum absolute atomic E-state index is 0.0744. The molecule has 1 fully saturated rings. The lowest BCUT2D eigenvalue weighted by Gasteiger charge is -2.10. The lowest BCUT2D eigenvalue weighted by atomic mass is 10.1. The molecule has 2 aromatic rings. The molecule has 116 valence electrons. The van der Waals surface area contributed by atoms with Gasteiger partial charge in [0.25, 0.3) is 5.91 Å². The molecule has 1 aliphatic heterocycles. The number of methoxy groups -OCH3 is 1. The molecule has 6 heteroatoms. The number of benzene rings is 1. The largest absolute Gasteiger partial charge is 0.463 e. The molecule has 0 aliphatic carbocycles. The number of hydrogen-bond donors (Lipinski definition) is 1. The predicted molar refractivity (Wildman–Crippen MR) is 78.9 cm³/mol. The van der Waals surface area contributed by atoms with Crippen molar-refractivity contribution in [3.05, 3.63) is 35.6 Å². The molecule has 1 unspecified atom stereocenters. The summed E-state index contributed by atoms with van der Waals surface area (Å²) in [7, 11) is 1.28. The van der Waals surface area contributed by atoms with E-state index in [1.165, 1.54) is 7.11 Å². The molecule has 6 nitrogen and oxygen atoms in total. The van der Waals surface area contributed by atoms with Crippen LogP contribution in [0.5, 0.6) is 0 Å². The molecule has 1 amide bonds. The van der Waals surface area contributed by atoms with Crippen LogP contribution in [-0.4, -0.2) is 38.2 Å². The summed E-state index contributed by atoms with van der Waals surface area (Å²) in [5.41, 5.74) is 0.776. The first-order valence-electron chi connectivity index (χ1n) is 7.19. The summed E-state index contributed by atoms with van der Waals surface area (Å²) in [5, 5.41) is 3.53. The second-order valence-electron chi connectivity index (χ2n) is 5.17. The van der Waals surface area contributed by atoms with Crippen molar-refractivity contribution in [2.24, 2.45) is 0 Å². The highest BCUT2D eigenvalue weighted by molar-refractivity contribution is 6.06. The Labute approximate surface area is 127 Å². The van der Waals surface area contributed by atoms with Crippen molar-refractivity contribution in [1.29, 1.82) is 0 Å². The van der Waals surface area contributed by atoms with Crippen molar-refractivity contribution in [1.82, 2.24) is 5.32 Å². The van der Waals surface area contributed by atoms with E-state index in [0.29, 0.717) is 23.1 Å². The minimum Gasteiger partial charge on any atom is -0.463 e. The number of amides is 1. The molecule has 1 N–H and O–H groups in total. The fraction of sp³-hybridized carbons (Fsp3) is 0.375. The van der Waals surface area contributed by atoms with Crippen LogP contribution in [0.15, 0.2) is 28.7 Å². The third kappa shape index (κ3) is 2.82. The van der Waals surface area contributed by atoms with Crippen molar-refractivity contribution < 1.29 is 23.5 Å². The standard InChI is InChI=1S/C16H17NO5/c1-20-16(19)13-8-10-4-2-6-12(14(10)22-13)15(18)17-9-11-5-3-7-21-11/h2,4,6,8,11H,3,5,7,9H2,1H3,(H,17,18). The quantitative estimate of drug-likeness (QED) is 0.875. The second kappa shape index (κ2) is 6.19. The zero-order valence-electron chi connectivity index (χ0n) is 12.3. The fourth-order valence-corrected chi connectivity index (χ4v) is 2.55. The van der Waals surface area contributed by atoms with Crippen LogP contribution in [-0.2, 0) is 9.47 Å². The molecule has 1 aromatic heterocycles. The van der Waals surface area contributed by atoms with E-state index in [0.717, 1.165) is 19.4 Å². The third-order valence-corrected chi connectivity index (χ3v) is 3.69. The number of carbonyl (C=O) groups excluding carboxylic acids is 2. The van der Waals surface area contributed by atoms with Crippen molar-refractivity contribution in [2.75, 3.05) is 20.3 Å². The van der Waals surface area contributed by atoms with Crippen LogP contribution in [0.1, 0.15) is 33.8 Å². The number of fused-ring (bicyclic) bond motifs is 1. The van der Waals surface area contributed by atoms with Gasteiger partial charge in [0, 0.05) is 18.5 Å². The highest BCUT2D eigenvalue weighted by Gasteiger charge is 2.20.